The number of ether oxygens (including phenoxy) is 1. The van der Waals surface area contributed by atoms with E-state index in [9.17, 15) is 13.2 Å². The van der Waals surface area contributed by atoms with E-state index in [1.807, 2.05) is 0 Å². The van der Waals surface area contributed by atoms with E-state index in [0.717, 1.165) is 6.07 Å². The van der Waals surface area contributed by atoms with Crippen LogP contribution < -0.4 is 10.1 Å². The molecule has 0 fully saturated rings. The minimum Gasteiger partial charge on any atom is -0.495 e. The number of rotatable bonds is 3. The number of hydrogen-bond donors (Lipinski definition) is 2. The van der Waals surface area contributed by atoms with E-state index in [2.05, 4.69) is 5.32 Å². The maximum atomic E-state index is 11.0. The van der Waals surface area contributed by atoms with Gasteiger partial charge >= 0.3 is 0 Å². The number of carbonyl (C=O) groups excluding carboxylic acids is 1. The van der Waals surface area contributed by atoms with Crippen molar-refractivity contribution >= 4 is 21.7 Å². The number of hydrogen-bond acceptors (Lipinski definition) is 4. The Bertz CT molecular complexity index is 509. The van der Waals surface area contributed by atoms with Crippen molar-refractivity contribution < 1.29 is 22.5 Å². The second-order valence-corrected chi connectivity index (χ2v) is 4.41. The Morgan fingerprint density at radius 3 is 2.50 bits per heavy atom. The first-order valence-corrected chi connectivity index (χ1v) is 5.71. The summed E-state index contributed by atoms with van der Waals surface area (Å²) in [4.78, 5) is 10.4. The molecule has 0 saturated heterocycles. The van der Waals surface area contributed by atoms with E-state index >= 15 is 0 Å². The second kappa shape index (κ2) is 4.50. The number of amides is 1. The minimum absolute atomic E-state index is 0.0107. The largest absolute Gasteiger partial charge is 0.495 e. The zero-order valence-corrected chi connectivity index (χ0v) is 9.54. The highest BCUT2D eigenvalue weighted by molar-refractivity contribution is 7.86. The van der Waals surface area contributed by atoms with Crippen LogP contribution in [0.5, 0.6) is 5.75 Å². The average molecular weight is 245 g/mol. The van der Waals surface area contributed by atoms with Crippen molar-refractivity contribution in [2.45, 2.75) is 11.8 Å². The maximum Gasteiger partial charge on any atom is 0.298 e. The Labute approximate surface area is 93.0 Å². The molecule has 1 aromatic rings. The SMILES string of the molecule is COc1ccc(NC(C)=O)cc1S(=O)(=O)O. The summed E-state index contributed by atoms with van der Waals surface area (Å²) in [6.07, 6.45) is 0. The van der Waals surface area contributed by atoms with Gasteiger partial charge in [-0.3, -0.25) is 9.35 Å². The summed E-state index contributed by atoms with van der Waals surface area (Å²) in [5.74, 6) is -0.331. The molecule has 0 saturated carbocycles. The van der Waals surface area contributed by atoms with Gasteiger partial charge in [-0.15, -0.1) is 0 Å². The summed E-state index contributed by atoms with van der Waals surface area (Å²) in [5, 5.41) is 2.40. The van der Waals surface area contributed by atoms with Crippen molar-refractivity contribution in [2.24, 2.45) is 0 Å². The van der Waals surface area contributed by atoms with E-state index < -0.39 is 10.1 Å². The molecule has 7 heteroatoms. The zero-order chi connectivity index (χ0) is 12.3. The molecule has 0 aliphatic carbocycles. The number of benzene rings is 1. The predicted molar refractivity (Wildman–Crippen MR) is 57.1 cm³/mol. The van der Waals surface area contributed by atoms with Gasteiger partial charge < -0.3 is 10.1 Å². The fourth-order valence-corrected chi connectivity index (χ4v) is 1.84. The fourth-order valence-electron chi connectivity index (χ4n) is 1.16. The zero-order valence-electron chi connectivity index (χ0n) is 8.72. The quantitative estimate of drug-likeness (QED) is 0.772. The second-order valence-electron chi connectivity index (χ2n) is 3.02. The van der Waals surface area contributed by atoms with Crippen LogP contribution in [0.2, 0.25) is 0 Å². The number of methoxy groups -OCH3 is 1. The molecule has 1 rings (SSSR count). The molecule has 0 aliphatic heterocycles. The summed E-state index contributed by atoms with van der Waals surface area (Å²) in [7, 11) is -3.10. The van der Waals surface area contributed by atoms with Crippen LogP contribution in [-0.4, -0.2) is 26.0 Å². The number of carbonyl (C=O) groups is 1. The molecule has 6 nitrogen and oxygen atoms in total. The van der Waals surface area contributed by atoms with Crippen molar-refractivity contribution in [2.75, 3.05) is 12.4 Å². The van der Waals surface area contributed by atoms with Crippen LogP contribution in [-0.2, 0) is 14.9 Å². The number of nitrogens with one attached hydrogen (secondary N) is 1. The van der Waals surface area contributed by atoms with Crippen LogP contribution in [0.1, 0.15) is 6.92 Å². The molecule has 88 valence electrons. The highest BCUT2D eigenvalue weighted by Gasteiger charge is 2.17. The van der Waals surface area contributed by atoms with E-state index in [0.29, 0.717) is 0 Å². The Kier molecular flexibility index (Phi) is 3.51. The summed E-state index contributed by atoms with van der Waals surface area (Å²) >= 11 is 0. The van der Waals surface area contributed by atoms with Crippen molar-refractivity contribution in [1.82, 2.24) is 0 Å². The molecule has 0 radical (unpaired) electrons. The Morgan fingerprint density at radius 1 is 1.44 bits per heavy atom. The first kappa shape index (κ1) is 12.5. The van der Waals surface area contributed by atoms with Gasteiger partial charge in [0, 0.05) is 12.6 Å². The van der Waals surface area contributed by atoms with Crippen LogP contribution in [0.3, 0.4) is 0 Å². The predicted octanol–water partition coefficient (Wildman–Crippen LogP) is 0.900. The molecular weight excluding hydrogens is 234 g/mol. The normalized spacial score (nSPS) is 10.9. The lowest BCUT2D eigenvalue weighted by Gasteiger charge is -2.08. The molecule has 0 atom stereocenters. The highest BCUT2D eigenvalue weighted by atomic mass is 32.2. The first-order valence-electron chi connectivity index (χ1n) is 4.27. The molecule has 0 bridgehead atoms. The lowest BCUT2D eigenvalue weighted by molar-refractivity contribution is -0.114. The van der Waals surface area contributed by atoms with E-state index in [1.54, 1.807) is 0 Å². The molecule has 0 spiro atoms. The van der Waals surface area contributed by atoms with E-state index in [1.165, 1.54) is 26.2 Å². The van der Waals surface area contributed by atoms with Crippen LogP contribution in [0, 0.1) is 0 Å². The summed E-state index contributed by atoms with van der Waals surface area (Å²) in [6, 6.07) is 3.93. The van der Waals surface area contributed by atoms with Gasteiger partial charge in [-0.1, -0.05) is 0 Å². The lowest BCUT2D eigenvalue weighted by Crippen LogP contribution is -2.08. The first-order chi connectivity index (χ1) is 7.34. The van der Waals surface area contributed by atoms with Gasteiger partial charge in [-0.25, -0.2) is 0 Å². The molecule has 2 N–H and O–H groups in total. The molecule has 16 heavy (non-hydrogen) atoms. The topological polar surface area (TPSA) is 92.7 Å². The van der Waals surface area contributed by atoms with Crippen molar-refractivity contribution in [3.8, 4) is 5.75 Å². The van der Waals surface area contributed by atoms with Gasteiger partial charge in [0.1, 0.15) is 10.6 Å². The maximum absolute atomic E-state index is 11.0. The van der Waals surface area contributed by atoms with Crippen molar-refractivity contribution in [1.29, 1.82) is 0 Å². The van der Waals surface area contributed by atoms with E-state index in [4.69, 9.17) is 9.29 Å². The number of anilines is 1. The van der Waals surface area contributed by atoms with Gasteiger partial charge in [0.25, 0.3) is 10.1 Å². The van der Waals surface area contributed by atoms with E-state index in [-0.39, 0.29) is 22.2 Å². The third-order valence-corrected chi connectivity index (χ3v) is 2.64. The highest BCUT2D eigenvalue weighted by Crippen LogP contribution is 2.26. The van der Waals surface area contributed by atoms with Gasteiger partial charge in [-0.05, 0) is 18.2 Å². The van der Waals surface area contributed by atoms with Crippen LogP contribution >= 0.6 is 0 Å². The smallest absolute Gasteiger partial charge is 0.298 e. The molecule has 0 heterocycles. The summed E-state index contributed by atoms with van der Waals surface area (Å²) in [5.41, 5.74) is 0.265. The van der Waals surface area contributed by atoms with Crippen LogP contribution in [0.4, 0.5) is 5.69 Å². The van der Waals surface area contributed by atoms with Crippen LogP contribution in [0.15, 0.2) is 23.1 Å². The van der Waals surface area contributed by atoms with Crippen LogP contribution in [0.25, 0.3) is 0 Å². The Hall–Kier alpha value is -1.60. The van der Waals surface area contributed by atoms with Gasteiger partial charge in [0.2, 0.25) is 5.91 Å². The summed E-state index contributed by atoms with van der Waals surface area (Å²) in [6.45, 7) is 1.29. The Morgan fingerprint density at radius 2 is 2.06 bits per heavy atom. The third-order valence-electron chi connectivity index (χ3n) is 1.76. The molecule has 1 amide bonds. The minimum atomic E-state index is -4.38. The lowest BCUT2D eigenvalue weighted by atomic mass is 10.3. The van der Waals surface area contributed by atoms with Crippen molar-refractivity contribution in [3.05, 3.63) is 18.2 Å². The summed E-state index contributed by atoms with van der Waals surface area (Å²) < 4.78 is 35.7. The monoisotopic (exact) mass is 245 g/mol. The van der Waals surface area contributed by atoms with Crippen molar-refractivity contribution in [3.63, 3.8) is 0 Å². The fraction of sp³-hybridized carbons (Fsp3) is 0.222. The third kappa shape index (κ3) is 2.94. The molecule has 0 unspecified atom stereocenters. The Balaban J connectivity index is 3.27. The van der Waals surface area contributed by atoms with Gasteiger partial charge in [-0.2, -0.15) is 8.42 Å². The van der Waals surface area contributed by atoms with Gasteiger partial charge in [0.15, 0.2) is 0 Å². The van der Waals surface area contributed by atoms with Gasteiger partial charge in [0.05, 0.1) is 7.11 Å². The molecule has 1 aromatic carbocycles. The standard InChI is InChI=1S/C9H11NO5S/c1-6(11)10-7-3-4-8(15-2)9(5-7)16(12,13)14/h3-5H,1-2H3,(H,10,11)(H,12,13,14). The average Bonchev–Trinajstić information content (AvgIpc) is 2.15. The molecule has 0 aliphatic rings. The molecular formula is C9H11NO5S. The molecule has 0 aromatic heterocycles.